The third-order valence-corrected chi connectivity index (χ3v) is 2.63. The van der Waals surface area contributed by atoms with Crippen molar-refractivity contribution >= 4 is 5.78 Å². The zero-order valence-corrected chi connectivity index (χ0v) is 9.40. The number of rotatable bonds is 2. The number of pyridine rings is 1. The number of carbonyl (C=O) groups excluding carboxylic acids is 1. The van der Waals surface area contributed by atoms with Gasteiger partial charge in [0.25, 0.3) is 0 Å². The number of benzene rings is 1. The first kappa shape index (κ1) is 10.6. The standard InChI is InChI=1S/C14H13NO/c1-10-5-3-6-11(2)13(10)14(16)12-7-4-8-15-9-12/h3-9H,1-2H3. The van der Waals surface area contributed by atoms with Crippen LogP contribution in [0.1, 0.15) is 27.0 Å². The third kappa shape index (κ3) is 1.87. The van der Waals surface area contributed by atoms with Crippen LogP contribution in [0.25, 0.3) is 0 Å². The van der Waals surface area contributed by atoms with Crippen molar-refractivity contribution in [3.05, 3.63) is 65.0 Å². The number of aromatic nitrogens is 1. The average Bonchev–Trinajstić information content (AvgIpc) is 2.30. The molecule has 0 fully saturated rings. The lowest BCUT2D eigenvalue weighted by Crippen LogP contribution is -2.06. The molecule has 1 heterocycles. The maximum absolute atomic E-state index is 12.2. The van der Waals surface area contributed by atoms with Gasteiger partial charge in [-0.2, -0.15) is 0 Å². The summed E-state index contributed by atoms with van der Waals surface area (Å²) < 4.78 is 0. The maximum atomic E-state index is 12.2. The second kappa shape index (κ2) is 4.27. The Balaban J connectivity index is 2.50. The van der Waals surface area contributed by atoms with Gasteiger partial charge in [-0.05, 0) is 37.1 Å². The fraction of sp³-hybridized carbons (Fsp3) is 0.143. The van der Waals surface area contributed by atoms with Gasteiger partial charge in [0.1, 0.15) is 0 Å². The van der Waals surface area contributed by atoms with Gasteiger partial charge in [-0.25, -0.2) is 0 Å². The predicted octanol–water partition coefficient (Wildman–Crippen LogP) is 2.93. The Labute approximate surface area is 95.0 Å². The number of ketones is 1. The molecule has 0 N–H and O–H groups in total. The second-order valence-electron chi connectivity index (χ2n) is 3.84. The molecule has 2 rings (SSSR count). The summed E-state index contributed by atoms with van der Waals surface area (Å²) in [6.07, 6.45) is 3.27. The lowest BCUT2D eigenvalue weighted by atomic mass is 9.96. The van der Waals surface area contributed by atoms with Crippen LogP contribution in [0.2, 0.25) is 0 Å². The summed E-state index contributed by atoms with van der Waals surface area (Å²) in [7, 11) is 0. The van der Waals surface area contributed by atoms with E-state index in [2.05, 4.69) is 4.98 Å². The highest BCUT2D eigenvalue weighted by Gasteiger charge is 2.13. The molecule has 0 spiro atoms. The molecule has 0 aliphatic heterocycles. The van der Waals surface area contributed by atoms with E-state index in [-0.39, 0.29) is 5.78 Å². The predicted molar refractivity (Wildman–Crippen MR) is 63.6 cm³/mol. The van der Waals surface area contributed by atoms with Gasteiger partial charge in [-0.15, -0.1) is 0 Å². The van der Waals surface area contributed by atoms with E-state index in [1.165, 1.54) is 0 Å². The van der Waals surface area contributed by atoms with Crippen LogP contribution in [0, 0.1) is 13.8 Å². The van der Waals surface area contributed by atoms with Crippen LogP contribution in [0.15, 0.2) is 42.7 Å². The fourth-order valence-corrected chi connectivity index (χ4v) is 1.81. The molecule has 0 bridgehead atoms. The number of carbonyl (C=O) groups is 1. The number of hydrogen-bond donors (Lipinski definition) is 0. The van der Waals surface area contributed by atoms with Crippen molar-refractivity contribution in [2.45, 2.75) is 13.8 Å². The Bertz CT molecular complexity index is 497. The minimum Gasteiger partial charge on any atom is -0.289 e. The maximum Gasteiger partial charge on any atom is 0.195 e. The molecule has 2 nitrogen and oxygen atoms in total. The van der Waals surface area contributed by atoms with Gasteiger partial charge in [-0.3, -0.25) is 9.78 Å². The van der Waals surface area contributed by atoms with E-state index in [0.717, 1.165) is 16.7 Å². The van der Waals surface area contributed by atoms with Crippen LogP contribution >= 0.6 is 0 Å². The average molecular weight is 211 g/mol. The Morgan fingerprint density at radius 3 is 2.31 bits per heavy atom. The van der Waals surface area contributed by atoms with Gasteiger partial charge in [0.15, 0.2) is 5.78 Å². The first-order valence-corrected chi connectivity index (χ1v) is 5.21. The first-order valence-electron chi connectivity index (χ1n) is 5.21. The summed E-state index contributed by atoms with van der Waals surface area (Å²) in [5, 5.41) is 0. The SMILES string of the molecule is Cc1cccc(C)c1C(=O)c1cccnc1. The van der Waals surface area contributed by atoms with Crippen LogP contribution in [0.3, 0.4) is 0 Å². The Morgan fingerprint density at radius 2 is 1.75 bits per heavy atom. The molecule has 1 aromatic carbocycles. The normalized spacial score (nSPS) is 10.1. The zero-order chi connectivity index (χ0) is 11.5. The van der Waals surface area contributed by atoms with Crippen LogP contribution in [0.5, 0.6) is 0 Å². The van der Waals surface area contributed by atoms with E-state index in [1.54, 1.807) is 24.5 Å². The van der Waals surface area contributed by atoms with Crippen molar-refractivity contribution in [2.75, 3.05) is 0 Å². The van der Waals surface area contributed by atoms with Crippen LogP contribution in [0.4, 0.5) is 0 Å². The largest absolute Gasteiger partial charge is 0.289 e. The summed E-state index contributed by atoms with van der Waals surface area (Å²) in [4.78, 5) is 16.2. The second-order valence-corrected chi connectivity index (χ2v) is 3.84. The Kier molecular flexibility index (Phi) is 2.82. The third-order valence-electron chi connectivity index (χ3n) is 2.63. The van der Waals surface area contributed by atoms with Gasteiger partial charge in [0.05, 0.1) is 0 Å². The van der Waals surface area contributed by atoms with Gasteiger partial charge >= 0.3 is 0 Å². The van der Waals surface area contributed by atoms with Crippen molar-refractivity contribution in [3.8, 4) is 0 Å². The summed E-state index contributed by atoms with van der Waals surface area (Å²) in [6, 6.07) is 9.44. The lowest BCUT2D eigenvalue weighted by Gasteiger charge is -2.07. The molecular formula is C14H13NO. The van der Waals surface area contributed by atoms with Gasteiger partial charge in [0, 0.05) is 23.5 Å². The van der Waals surface area contributed by atoms with Crippen molar-refractivity contribution < 1.29 is 4.79 Å². The molecule has 0 amide bonds. The fourth-order valence-electron chi connectivity index (χ4n) is 1.81. The van der Waals surface area contributed by atoms with E-state index >= 15 is 0 Å². The first-order chi connectivity index (χ1) is 7.70. The molecule has 0 unspecified atom stereocenters. The van der Waals surface area contributed by atoms with Crippen molar-refractivity contribution in [3.63, 3.8) is 0 Å². The van der Waals surface area contributed by atoms with Crippen molar-refractivity contribution in [1.82, 2.24) is 4.98 Å². The van der Waals surface area contributed by atoms with E-state index in [9.17, 15) is 4.79 Å². The molecule has 0 saturated carbocycles. The highest BCUT2D eigenvalue weighted by Crippen LogP contribution is 2.17. The Morgan fingerprint density at radius 1 is 1.06 bits per heavy atom. The number of nitrogens with zero attached hydrogens (tertiary/aromatic N) is 1. The summed E-state index contributed by atoms with van der Waals surface area (Å²) in [5.41, 5.74) is 3.44. The molecule has 80 valence electrons. The highest BCUT2D eigenvalue weighted by molar-refractivity contribution is 6.10. The molecule has 0 atom stereocenters. The van der Waals surface area contributed by atoms with Crippen LogP contribution in [-0.2, 0) is 0 Å². The van der Waals surface area contributed by atoms with Gasteiger partial charge in [-0.1, -0.05) is 18.2 Å². The molecule has 0 aliphatic carbocycles. The van der Waals surface area contributed by atoms with Crippen molar-refractivity contribution in [1.29, 1.82) is 0 Å². The summed E-state index contributed by atoms with van der Waals surface area (Å²) in [6.45, 7) is 3.91. The quantitative estimate of drug-likeness (QED) is 0.715. The van der Waals surface area contributed by atoms with Gasteiger partial charge in [0.2, 0.25) is 0 Å². The molecule has 0 saturated heterocycles. The minimum atomic E-state index is 0.0451. The van der Waals surface area contributed by atoms with Crippen LogP contribution in [-0.4, -0.2) is 10.8 Å². The Hall–Kier alpha value is -1.96. The molecule has 2 heteroatoms. The molecule has 1 aromatic heterocycles. The van der Waals surface area contributed by atoms with E-state index in [1.807, 2.05) is 32.0 Å². The van der Waals surface area contributed by atoms with E-state index in [0.29, 0.717) is 5.56 Å². The monoisotopic (exact) mass is 211 g/mol. The minimum absolute atomic E-state index is 0.0451. The van der Waals surface area contributed by atoms with E-state index < -0.39 is 0 Å². The smallest absolute Gasteiger partial charge is 0.195 e. The van der Waals surface area contributed by atoms with Crippen LogP contribution < -0.4 is 0 Å². The lowest BCUT2D eigenvalue weighted by molar-refractivity contribution is 0.103. The number of aryl methyl sites for hydroxylation is 2. The molecule has 16 heavy (non-hydrogen) atoms. The topological polar surface area (TPSA) is 30.0 Å². The molecule has 0 radical (unpaired) electrons. The molecule has 0 aliphatic rings. The molecular weight excluding hydrogens is 198 g/mol. The van der Waals surface area contributed by atoms with Crippen molar-refractivity contribution in [2.24, 2.45) is 0 Å². The summed E-state index contributed by atoms with van der Waals surface area (Å²) >= 11 is 0. The zero-order valence-electron chi connectivity index (χ0n) is 9.40. The number of hydrogen-bond acceptors (Lipinski definition) is 2. The van der Waals surface area contributed by atoms with Gasteiger partial charge < -0.3 is 0 Å². The molecule has 2 aromatic rings. The highest BCUT2D eigenvalue weighted by atomic mass is 16.1. The summed E-state index contributed by atoms with van der Waals surface area (Å²) in [5.74, 6) is 0.0451. The van der Waals surface area contributed by atoms with E-state index in [4.69, 9.17) is 0 Å².